The first-order valence-electron chi connectivity index (χ1n) is 18.0. The highest BCUT2D eigenvalue weighted by Crippen LogP contribution is 2.43. The number of aromatic amines is 1. The second-order valence-electron chi connectivity index (χ2n) is 18.2. The second-order valence-corrected chi connectivity index (χ2v) is 18.2. The van der Waals surface area contributed by atoms with Crippen LogP contribution in [0.4, 0.5) is 0 Å². The molecule has 0 unspecified atom stereocenters. The maximum Gasteiger partial charge on any atom is 0.143 e. The first-order valence-corrected chi connectivity index (χ1v) is 18.0. The molecule has 256 valence electrons. The molecule has 7 aromatic rings. The molecule has 4 heteroatoms. The maximum atomic E-state index is 5.60. The minimum Gasteiger partial charge on any atom is -0.354 e. The van der Waals surface area contributed by atoms with Crippen molar-refractivity contribution in [1.29, 1.82) is 0 Å². The number of aromatic nitrogens is 4. The van der Waals surface area contributed by atoms with Gasteiger partial charge in [0.2, 0.25) is 0 Å². The van der Waals surface area contributed by atoms with E-state index in [1.165, 1.54) is 27.5 Å². The van der Waals surface area contributed by atoms with E-state index in [0.29, 0.717) is 0 Å². The maximum absolute atomic E-state index is 5.60. The highest BCUT2D eigenvalue weighted by atomic mass is 15.1. The third-order valence-electron chi connectivity index (χ3n) is 10.1. The fourth-order valence-electron chi connectivity index (χ4n) is 7.17. The van der Waals surface area contributed by atoms with Gasteiger partial charge in [-0.25, -0.2) is 4.98 Å². The summed E-state index contributed by atoms with van der Waals surface area (Å²) >= 11 is 0. The Morgan fingerprint density at radius 3 is 1.88 bits per heavy atom. The Balaban J connectivity index is 1.49. The molecule has 0 aliphatic carbocycles. The number of rotatable bonds is 3. The molecule has 0 radical (unpaired) electrons. The number of para-hydroxylation sites is 1. The summed E-state index contributed by atoms with van der Waals surface area (Å²) in [5, 5.41) is 2.51. The van der Waals surface area contributed by atoms with Crippen molar-refractivity contribution in [2.24, 2.45) is 0 Å². The minimum atomic E-state index is -0.225. The van der Waals surface area contributed by atoms with Crippen molar-refractivity contribution in [3.05, 3.63) is 108 Å². The van der Waals surface area contributed by atoms with Gasteiger partial charge in [-0.2, -0.15) is 0 Å². The van der Waals surface area contributed by atoms with Gasteiger partial charge >= 0.3 is 0 Å². The predicted molar refractivity (Wildman–Crippen MR) is 214 cm³/mol. The molecule has 0 fully saturated rings. The lowest BCUT2D eigenvalue weighted by molar-refractivity contribution is 0.413. The van der Waals surface area contributed by atoms with E-state index in [1.54, 1.807) is 0 Å². The van der Waals surface area contributed by atoms with Crippen molar-refractivity contribution in [3.8, 4) is 33.8 Å². The molecule has 50 heavy (non-hydrogen) atoms. The summed E-state index contributed by atoms with van der Waals surface area (Å²) in [4.78, 5) is 14.2. The van der Waals surface area contributed by atoms with Crippen LogP contribution in [0.2, 0.25) is 0 Å². The molecule has 3 heterocycles. The lowest BCUT2D eigenvalue weighted by atomic mass is 9.84. The average Bonchev–Trinajstić information content (AvgIpc) is 3.62. The number of H-pyrrole nitrogens is 1. The van der Waals surface area contributed by atoms with Crippen molar-refractivity contribution < 1.29 is 0 Å². The summed E-state index contributed by atoms with van der Waals surface area (Å²) < 4.78 is 2.44. The molecular weight excluding hydrogens is 609 g/mol. The summed E-state index contributed by atoms with van der Waals surface area (Å²) in [6, 6.07) is 31.4. The minimum absolute atomic E-state index is 0.0450. The van der Waals surface area contributed by atoms with Gasteiger partial charge < -0.3 is 9.55 Å². The Bertz CT molecular complexity index is 2410. The highest BCUT2D eigenvalue weighted by Gasteiger charge is 2.28. The average molecular weight is 661 g/mol. The quantitative estimate of drug-likeness (QED) is 0.205. The predicted octanol–water partition coefficient (Wildman–Crippen LogP) is 12.7. The van der Waals surface area contributed by atoms with Crippen molar-refractivity contribution in [1.82, 2.24) is 19.5 Å². The van der Waals surface area contributed by atoms with Crippen LogP contribution in [-0.2, 0) is 21.8 Å². The van der Waals surface area contributed by atoms with Gasteiger partial charge in [-0.3, -0.25) is 4.98 Å². The zero-order chi connectivity index (χ0) is 36.0. The molecule has 0 saturated heterocycles. The Morgan fingerprint density at radius 2 is 1.20 bits per heavy atom. The van der Waals surface area contributed by atoms with Gasteiger partial charge in [0.1, 0.15) is 5.82 Å². The second kappa shape index (κ2) is 11.4. The van der Waals surface area contributed by atoms with Gasteiger partial charge in [0.05, 0.1) is 22.2 Å². The zero-order valence-electron chi connectivity index (χ0n) is 32.0. The fourth-order valence-corrected chi connectivity index (χ4v) is 7.17. The van der Waals surface area contributed by atoms with Gasteiger partial charge in [-0.05, 0) is 108 Å². The molecule has 3 aromatic heterocycles. The number of benzene rings is 4. The lowest BCUT2D eigenvalue weighted by Crippen LogP contribution is -2.23. The van der Waals surface area contributed by atoms with E-state index in [1.807, 2.05) is 6.20 Å². The lowest BCUT2D eigenvalue weighted by Gasteiger charge is -2.26. The molecule has 4 aromatic carbocycles. The molecular formula is C46H52N4. The first kappa shape index (κ1) is 33.8. The van der Waals surface area contributed by atoms with Crippen molar-refractivity contribution in [2.45, 2.75) is 105 Å². The molecule has 0 amide bonds. The first-order chi connectivity index (χ1) is 23.3. The van der Waals surface area contributed by atoms with Gasteiger partial charge in [-0.1, -0.05) is 98.7 Å². The van der Waals surface area contributed by atoms with Crippen LogP contribution >= 0.6 is 0 Å². The number of pyridine rings is 1. The van der Waals surface area contributed by atoms with Crippen LogP contribution in [0.25, 0.3) is 66.6 Å². The van der Waals surface area contributed by atoms with Gasteiger partial charge in [-0.15, -0.1) is 0 Å². The Kier molecular flexibility index (Phi) is 7.71. The molecule has 0 bridgehead atoms. The molecule has 0 aliphatic rings. The normalized spacial score (nSPS) is 13.2. The molecule has 0 atom stereocenters. The summed E-state index contributed by atoms with van der Waals surface area (Å²) in [5.74, 6) is 0.981. The number of nitrogens with one attached hydrogen (secondary N) is 1. The Labute approximate surface area is 298 Å². The third-order valence-corrected chi connectivity index (χ3v) is 10.1. The van der Waals surface area contributed by atoms with Crippen molar-refractivity contribution >= 4 is 32.8 Å². The number of hydrogen-bond donors (Lipinski definition) is 1. The number of hydrogen-bond acceptors (Lipinski definition) is 2. The molecule has 7 rings (SSSR count). The van der Waals surface area contributed by atoms with E-state index in [-0.39, 0.29) is 21.8 Å². The zero-order valence-corrected chi connectivity index (χ0v) is 32.0. The smallest absolute Gasteiger partial charge is 0.143 e. The molecule has 4 nitrogen and oxygen atoms in total. The van der Waals surface area contributed by atoms with E-state index in [2.05, 4.69) is 178 Å². The topological polar surface area (TPSA) is 46.5 Å². The summed E-state index contributed by atoms with van der Waals surface area (Å²) in [5.41, 5.74) is 13.6. The molecule has 0 saturated carbocycles. The third kappa shape index (κ3) is 5.93. The number of nitrogens with zero attached hydrogens (tertiary/aromatic N) is 3. The Morgan fingerprint density at radius 1 is 0.560 bits per heavy atom. The van der Waals surface area contributed by atoms with E-state index >= 15 is 0 Å². The van der Waals surface area contributed by atoms with Crippen LogP contribution in [0.3, 0.4) is 0 Å². The highest BCUT2D eigenvalue weighted by molar-refractivity contribution is 6.12. The van der Waals surface area contributed by atoms with Gasteiger partial charge in [0, 0.05) is 44.7 Å². The number of imidazole rings is 1. The van der Waals surface area contributed by atoms with Crippen molar-refractivity contribution in [3.63, 3.8) is 0 Å². The molecule has 0 spiro atoms. The van der Waals surface area contributed by atoms with Crippen LogP contribution in [0.5, 0.6) is 0 Å². The van der Waals surface area contributed by atoms with Crippen molar-refractivity contribution in [2.75, 3.05) is 0 Å². The largest absolute Gasteiger partial charge is 0.354 e. The van der Waals surface area contributed by atoms with E-state index in [9.17, 15) is 0 Å². The molecule has 0 aliphatic heterocycles. The van der Waals surface area contributed by atoms with Gasteiger partial charge in [0.15, 0.2) is 0 Å². The van der Waals surface area contributed by atoms with E-state index in [4.69, 9.17) is 9.97 Å². The van der Waals surface area contributed by atoms with Crippen LogP contribution < -0.4 is 0 Å². The van der Waals surface area contributed by atoms with E-state index in [0.717, 1.165) is 55.8 Å². The fraction of sp³-hybridized carbons (Fsp3) is 0.348. The van der Waals surface area contributed by atoms with Gasteiger partial charge in [0.25, 0.3) is 0 Å². The number of fused-ring (bicyclic) bond motifs is 4. The summed E-state index contributed by atoms with van der Waals surface area (Å²) in [6.07, 6.45) is 1.93. The SMILES string of the molecule is CC(C)(C)c1ccnc(-c2cccc(-c3cccc4c3nc(-c3cc(C(C)(C)C)cc5c3[nH]c3ccc(C(C)(C)C)cc35)n4C(C)(C)C)c2)c1. The molecule has 1 N–H and O–H groups in total. The van der Waals surface area contributed by atoms with Crippen LogP contribution in [0.15, 0.2) is 91.1 Å². The Hall–Kier alpha value is -4.70. The van der Waals surface area contributed by atoms with E-state index < -0.39 is 0 Å². The van der Waals surface area contributed by atoms with Crippen LogP contribution in [-0.4, -0.2) is 19.5 Å². The standard InChI is InChI=1S/C46H52N4/c1-43(2,3)30-19-20-37-34(24-30)35-25-32(45(7,8)9)26-36(40(35)48-37)42-49-41-33(17-14-18-39(41)50(42)46(10,11)12)28-15-13-16-29(23-28)38-27-31(21-22-47-38)44(4,5)6/h13-27,48H,1-12H3. The summed E-state index contributed by atoms with van der Waals surface area (Å²) in [6.45, 7) is 27.3. The monoisotopic (exact) mass is 660 g/mol. The van der Waals surface area contributed by atoms with Crippen LogP contribution in [0.1, 0.15) is 99.8 Å². The summed E-state index contributed by atoms with van der Waals surface area (Å²) in [7, 11) is 0. The van der Waals surface area contributed by atoms with Crippen LogP contribution in [0, 0.1) is 0 Å².